The summed E-state index contributed by atoms with van der Waals surface area (Å²) >= 11 is 6.02. The van der Waals surface area contributed by atoms with Crippen molar-refractivity contribution >= 4 is 17.4 Å². The molecule has 6 heteroatoms. The van der Waals surface area contributed by atoms with Gasteiger partial charge in [-0.05, 0) is 26.7 Å². The van der Waals surface area contributed by atoms with Gasteiger partial charge in [-0.2, -0.15) is 0 Å². The van der Waals surface area contributed by atoms with Gasteiger partial charge in [-0.15, -0.1) is 0 Å². The van der Waals surface area contributed by atoms with Gasteiger partial charge < -0.3 is 14.8 Å². The van der Waals surface area contributed by atoms with Gasteiger partial charge in [0.25, 0.3) is 0 Å². The Hall–Kier alpha value is -0.910. The zero-order valence-electron chi connectivity index (χ0n) is 11.4. The molecule has 0 saturated carbocycles. The van der Waals surface area contributed by atoms with Crippen molar-refractivity contribution in [3.63, 3.8) is 0 Å². The van der Waals surface area contributed by atoms with Crippen LogP contribution in [0.15, 0.2) is 6.07 Å². The number of ether oxygens (including phenoxy) is 2. The molecular formula is C13H20ClN3O2. The molecule has 0 unspecified atom stereocenters. The van der Waals surface area contributed by atoms with Crippen molar-refractivity contribution in [1.29, 1.82) is 0 Å². The van der Waals surface area contributed by atoms with Crippen LogP contribution in [-0.2, 0) is 16.1 Å². The molecule has 1 aromatic rings. The van der Waals surface area contributed by atoms with Gasteiger partial charge >= 0.3 is 0 Å². The highest BCUT2D eigenvalue weighted by atomic mass is 35.5. The number of rotatable bonds is 5. The molecule has 0 spiro atoms. The summed E-state index contributed by atoms with van der Waals surface area (Å²) in [6.07, 6.45) is 1.91. The molecule has 0 bridgehead atoms. The average Bonchev–Trinajstić information content (AvgIpc) is 2.36. The first-order chi connectivity index (χ1) is 9.11. The van der Waals surface area contributed by atoms with Gasteiger partial charge in [0.2, 0.25) is 0 Å². The third kappa shape index (κ3) is 4.30. The lowest BCUT2D eigenvalue weighted by Crippen LogP contribution is -2.41. The van der Waals surface area contributed by atoms with Crippen LogP contribution in [0, 0.1) is 0 Å². The molecule has 1 N–H and O–H groups in total. The first kappa shape index (κ1) is 14.5. The highest BCUT2D eigenvalue weighted by molar-refractivity contribution is 6.29. The van der Waals surface area contributed by atoms with Crippen molar-refractivity contribution in [1.82, 2.24) is 9.97 Å². The van der Waals surface area contributed by atoms with E-state index in [0.29, 0.717) is 24.2 Å². The summed E-state index contributed by atoms with van der Waals surface area (Å²) in [4.78, 5) is 8.59. The Balaban J connectivity index is 2.08. The highest BCUT2D eigenvalue weighted by Crippen LogP contribution is 2.25. The number of nitrogens with zero attached hydrogens (tertiary/aromatic N) is 2. The summed E-state index contributed by atoms with van der Waals surface area (Å²) in [7, 11) is 0. The van der Waals surface area contributed by atoms with E-state index in [4.69, 9.17) is 21.1 Å². The van der Waals surface area contributed by atoms with Gasteiger partial charge in [0.1, 0.15) is 17.6 Å². The molecule has 1 aliphatic heterocycles. The number of nitrogens with one attached hydrogen (secondary N) is 1. The number of hydrogen-bond donors (Lipinski definition) is 1. The van der Waals surface area contributed by atoms with Crippen molar-refractivity contribution < 1.29 is 9.47 Å². The zero-order valence-corrected chi connectivity index (χ0v) is 12.2. The molecule has 1 fully saturated rings. The van der Waals surface area contributed by atoms with Gasteiger partial charge in [0, 0.05) is 31.4 Å². The molecule has 1 saturated heterocycles. The van der Waals surface area contributed by atoms with Crippen molar-refractivity contribution in [2.45, 2.75) is 38.8 Å². The average molecular weight is 286 g/mol. The van der Waals surface area contributed by atoms with E-state index >= 15 is 0 Å². The zero-order chi connectivity index (χ0) is 13.7. The fourth-order valence-electron chi connectivity index (χ4n) is 2.04. The van der Waals surface area contributed by atoms with Crippen LogP contribution in [0.3, 0.4) is 0 Å². The summed E-state index contributed by atoms with van der Waals surface area (Å²) in [5.74, 6) is 1.35. The maximum Gasteiger partial charge on any atom is 0.158 e. The van der Waals surface area contributed by atoms with E-state index < -0.39 is 0 Å². The SMILES string of the molecule is CCOCc1nc(Cl)cc(NC2(C)CCOCC2)n1. The largest absolute Gasteiger partial charge is 0.381 e. The molecule has 106 valence electrons. The Morgan fingerprint density at radius 1 is 1.42 bits per heavy atom. The Labute approximate surface area is 118 Å². The second-order valence-electron chi connectivity index (χ2n) is 4.93. The van der Waals surface area contributed by atoms with Crippen LogP contribution in [0.4, 0.5) is 5.82 Å². The van der Waals surface area contributed by atoms with E-state index in [2.05, 4.69) is 22.2 Å². The molecule has 19 heavy (non-hydrogen) atoms. The van der Waals surface area contributed by atoms with Crippen molar-refractivity contribution in [3.05, 3.63) is 17.0 Å². The topological polar surface area (TPSA) is 56.3 Å². The molecule has 0 amide bonds. The van der Waals surface area contributed by atoms with E-state index in [0.717, 1.165) is 31.9 Å². The van der Waals surface area contributed by atoms with E-state index in [1.807, 2.05) is 6.92 Å². The number of aromatic nitrogens is 2. The fraction of sp³-hybridized carbons (Fsp3) is 0.692. The molecule has 0 radical (unpaired) electrons. The number of anilines is 1. The predicted octanol–water partition coefficient (Wildman–Crippen LogP) is 2.65. The van der Waals surface area contributed by atoms with E-state index in [-0.39, 0.29) is 5.54 Å². The minimum Gasteiger partial charge on any atom is -0.381 e. The van der Waals surface area contributed by atoms with Crippen LogP contribution < -0.4 is 5.32 Å². The maximum atomic E-state index is 6.02. The second kappa shape index (κ2) is 6.50. The summed E-state index contributed by atoms with van der Waals surface area (Å²) in [6, 6.07) is 1.75. The summed E-state index contributed by atoms with van der Waals surface area (Å²) in [5, 5.41) is 3.88. The van der Waals surface area contributed by atoms with Gasteiger partial charge in [0.05, 0.1) is 0 Å². The van der Waals surface area contributed by atoms with Crippen LogP contribution in [0.5, 0.6) is 0 Å². The Morgan fingerprint density at radius 3 is 2.84 bits per heavy atom. The van der Waals surface area contributed by atoms with Gasteiger partial charge in [0.15, 0.2) is 5.82 Å². The van der Waals surface area contributed by atoms with Gasteiger partial charge in [-0.3, -0.25) is 0 Å². The standard InChI is InChI=1S/C13H20ClN3O2/c1-3-18-9-12-15-10(14)8-11(16-12)17-13(2)4-6-19-7-5-13/h8H,3-7,9H2,1-2H3,(H,15,16,17). The fourth-order valence-corrected chi connectivity index (χ4v) is 2.24. The van der Waals surface area contributed by atoms with Crippen molar-refractivity contribution in [2.75, 3.05) is 25.1 Å². The maximum absolute atomic E-state index is 6.02. The number of hydrogen-bond acceptors (Lipinski definition) is 5. The van der Waals surface area contributed by atoms with Gasteiger partial charge in [-0.25, -0.2) is 9.97 Å². The van der Waals surface area contributed by atoms with Crippen LogP contribution >= 0.6 is 11.6 Å². The molecule has 0 atom stereocenters. The molecule has 1 aromatic heterocycles. The molecule has 1 aliphatic rings. The molecule has 2 rings (SSSR count). The molecule has 2 heterocycles. The van der Waals surface area contributed by atoms with Crippen molar-refractivity contribution in [2.24, 2.45) is 0 Å². The van der Waals surface area contributed by atoms with Crippen molar-refractivity contribution in [3.8, 4) is 0 Å². The molecule has 0 aromatic carbocycles. The minimum absolute atomic E-state index is 0.00117. The Bertz CT molecular complexity index is 422. The summed E-state index contributed by atoms with van der Waals surface area (Å²) in [6.45, 7) is 6.67. The van der Waals surface area contributed by atoms with Gasteiger partial charge in [-0.1, -0.05) is 11.6 Å². The lowest BCUT2D eigenvalue weighted by molar-refractivity contribution is 0.0656. The molecular weight excluding hydrogens is 266 g/mol. The normalized spacial score (nSPS) is 18.3. The van der Waals surface area contributed by atoms with E-state index in [1.54, 1.807) is 6.07 Å². The first-order valence-electron chi connectivity index (χ1n) is 6.58. The smallest absolute Gasteiger partial charge is 0.158 e. The monoisotopic (exact) mass is 285 g/mol. The minimum atomic E-state index is -0.00117. The highest BCUT2D eigenvalue weighted by Gasteiger charge is 2.27. The van der Waals surface area contributed by atoms with Crippen LogP contribution in [0.25, 0.3) is 0 Å². The lowest BCUT2D eigenvalue weighted by Gasteiger charge is -2.35. The Kier molecular flexibility index (Phi) is 4.96. The van der Waals surface area contributed by atoms with Crippen LogP contribution in [0.2, 0.25) is 5.15 Å². The third-order valence-corrected chi connectivity index (χ3v) is 3.40. The predicted molar refractivity (Wildman–Crippen MR) is 74.5 cm³/mol. The van der Waals surface area contributed by atoms with E-state index in [1.165, 1.54) is 0 Å². The third-order valence-electron chi connectivity index (χ3n) is 3.20. The first-order valence-corrected chi connectivity index (χ1v) is 6.96. The number of halogens is 1. The quantitative estimate of drug-likeness (QED) is 0.843. The lowest BCUT2D eigenvalue weighted by atomic mass is 9.92. The van der Waals surface area contributed by atoms with Crippen LogP contribution in [0.1, 0.15) is 32.5 Å². The van der Waals surface area contributed by atoms with Crippen LogP contribution in [-0.4, -0.2) is 35.3 Å². The molecule has 0 aliphatic carbocycles. The summed E-state index contributed by atoms with van der Waals surface area (Å²) in [5.41, 5.74) is -0.00117. The van der Waals surface area contributed by atoms with E-state index in [9.17, 15) is 0 Å². The summed E-state index contributed by atoms with van der Waals surface area (Å²) < 4.78 is 10.7. The Morgan fingerprint density at radius 2 is 2.16 bits per heavy atom. The molecule has 5 nitrogen and oxygen atoms in total. The second-order valence-corrected chi connectivity index (χ2v) is 5.31.